The molecule has 0 aromatic heterocycles. The Kier molecular flexibility index (Phi) is 4.28. The molecule has 0 bridgehead atoms. The summed E-state index contributed by atoms with van der Waals surface area (Å²) in [5.41, 5.74) is -0.407. The van der Waals surface area contributed by atoms with Crippen LogP contribution in [0.3, 0.4) is 0 Å². The lowest BCUT2D eigenvalue weighted by molar-refractivity contribution is -0.174. The van der Waals surface area contributed by atoms with E-state index < -0.39 is 5.60 Å². The predicted octanol–water partition coefficient (Wildman–Crippen LogP) is 1.61. The van der Waals surface area contributed by atoms with Gasteiger partial charge in [0.15, 0.2) is 0 Å². The van der Waals surface area contributed by atoms with Gasteiger partial charge in [0.2, 0.25) is 0 Å². The minimum absolute atomic E-state index is 0.0232. The molecule has 2 rings (SSSR count). The lowest BCUT2D eigenvalue weighted by Crippen LogP contribution is -2.66. The molecule has 0 amide bonds. The van der Waals surface area contributed by atoms with E-state index in [0.29, 0.717) is 19.4 Å². The first-order valence-electron chi connectivity index (χ1n) is 7.21. The summed E-state index contributed by atoms with van der Waals surface area (Å²) in [6, 6.07) is 0.166. The van der Waals surface area contributed by atoms with E-state index in [2.05, 4.69) is 12.2 Å². The highest BCUT2D eigenvalue weighted by Crippen LogP contribution is 2.40. The molecule has 4 atom stereocenters. The van der Waals surface area contributed by atoms with Gasteiger partial charge in [-0.15, -0.1) is 0 Å². The summed E-state index contributed by atoms with van der Waals surface area (Å²) < 4.78 is 5.70. The van der Waals surface area contributed by atoms with E-state index in [4.69, 9.17) is 4.74 Å². The van der Waals surface area contributed by atoms with Gasteiger partial charge in [-0.05, 0) is 12.8 Å². The molecule has 0 radical (unpaired) electrons. The van der Waals surface area contributed by atoms with Crippen LogP contribution in [0.2, 0.25) is 0 Å². The Morgan fingerprint density at radius 1 is 1.56 bits per heavy atom. The van der Waals surface area contributed by atoms with Crippen molar-refractivity contribution in [2.24, 2.45) is 5.92 Å². The molecular weight excluding hydrogens is 230 g/mol. The third-order valence-electron chi connectivity index (χ3n) is 4.32. The van der Waals surface area contributed by atoms with Gasteiger partial charge >= 0.3 is 5.97 Å². The number of carbonyl (C=O) groups is 1. The minimum Gasteiger partial charge on any atom is -0.456 e. The molecule has 0 aromatic carbocycles. The van der Waals surface area contributed by atoms with Crippen LogP contribution in [0.25, 0.3) is 0 Å². The number of hydrogen-bond donors (Lipinski definition) is 2. The standard InChI is InChI=1S/C14H25NO3/c1-3-4-5-6-10(2)13(17)18-14-8-11(16)7-12(14)15-9-14/h10-12,15-16H,3-9H2,1-2H3. The van der Waals surface area contributed by atoms with Gasteiger partial charge in [-0.1, -0.05) is 33.1 Å². The lowest BCUT2D eigenvalue weighted by Gasteiger charge is -2.45. The lowest BCUT2D eigenvalue weighted by atomic mass is 9.89. The van der Waals surface area contributed by atoms with Gasteiger partial charge in [-0.25, -0.2) is 0 Å². The highest BCUT2D eigenvalue weighted by atomic mass is 16.6. The molecule has 4 unspecified atom stereocenters. The normalized spacial score (nSPS) is 35.7. The van der Waals surface area contributed by atoms with Crippen LogP contribution in [0.15, 0.2) is 0 Å². The van der Waals surface area contributed by atoms with Crippen molar-refractivity contribution >= 4 is 5.97 Å². The fourth-order valence-corrected chi connectivity index (χ4v) is 3.01. The second-order valence-corrected chi connectivity index (χ2v) is 5.91. The fraction of sp³-hybridized carbons (Fsp3) is 0.929. The molecule has 1 saturated heterocycles. The van der Waals surface area contributed by atoms with Gasteiger partial charge in [-0.2, -0.15) is 0 Å². The monoisotopic (exact) mass is 255 g/mol. The summed E-state index contributed by atoms with van der Waals surface area (Å²) in [5.74, 6) is -0.114. The van der Waals surface area contributed by atoms with E-state index in [-0.39, 0.29) is 24.0 Å². The Bertz CT molecular complexity index is 307. The molecule has 1 heterocycles. The zero-order chi connectivity index (χ0) is 13.2. The Labute approximate surface area is 109 Å². The number of esters is 1. The Balaban J connectivity index is 1.80. The number of nitrogens with one attached hydrogen (secondary N) is 1. The van der Waals surface area contributed by atoms with Crippen LogP contribution in [-0.4, -0.2) is 35.4 Å². The van der Waals surface area contributed by atoms with Crippen LogP contribution in [0.4, 0.5) is 0 Å². The average Bonchev–Trinajstić information content (AvgIpc) is 2.53. The number of ether oxygens (including phenoxy) is 1. The fourth-order valence-electron chi connectivity index (χ4n) is 3.01. The third kappa shape index (κ3) is 2.69. The summed E-state index contributed by atoms with van der Waals surface area (Å²) >= 11 is 0. The van der Waals surface area contributed by atoms with Gasteiger partial charge in [0.1, 0.15) is 5.60 Å². The molecule has 2 aliphatic rings. The zero-order valence-electron chi connectivity index (χ0n) is 11.4. The van der Waals surface area contributed by atoms with Crippen molar-refractivity contribution < 1.29 is 14.6 Å². The van der Waals surface area contributed by atoms with Crippen molar-refractivity contribution in [1.29, 1.82) is 0 Å². The summed E-state index contributed by atoms with van der Waals surface area (Å²) in [5, 5.41) is 12.9. The van der Waals surface area contributed by atoms with Gasteiger partial charge in [0.05, 0.1) is 18.1 Å². The van der Waals surface area contributed by atoms with Crippen LogP contribution in [0.1, 0.15) is 52.4 Å². The first-order chi connectivity index (χ1) is 8.57. The maximum absolute atomic E-state index is 12.1. The number of aliphatic hydroxyl groups is 1. The number of rotatable bonds is 6. The maximum Gasteiger partial charge on any atom is 0.309 e. The van der Waals surface area contributed by atoms with Crippen LogP contribution >= 0.6 is 0 Å². The molecule has 18 heavy (non-hydrogen) atoms. The molecule has 0 aromatic rings. The predicted molar refractivity (Wildman–Crippen MR) is 69.2 cm³/mol. The van der Waals surface area contributed by atoms with Crippen LogP contribution in [0, 0.1) is 5.92 Å². The van der Waals surface area contributed by atoms with Crippen molar-refractivity contribution in [3.8, 4) is 0 Å². The largest absolute Gasteiger partial charge is 0.456 e. The topological polar surface area (TPSA) is 58.6 Å². The quantitative estimate of drug-likeness (QED) is 0.559. The smallest absolute Gasteiger partial charge is 0.309 e. The molecule has 2 fully saturated rings. The summed E-state index contributed by atoms with van der Waals surface area (Å²) in [6.07, 6.45) is 5.31. The third-order valence-corrected chi connectivity index (χ3v) is 4.32. The van der Waals surface area contributed by atoms with Crippen molar-refractivity contribution in [2.45, 2.75) is 70.1 Å². The Morgan fingerprint density at radius 3 is 2.89 bits per heavy atom. The number of aliphatic hydroxyl groups excluding tert-OH is 1. The molecule has 1 aliphatic carbocycles. The van der Waals surface area contributed by atoms with E-state index in [1.807, 2.05) is 6.92 Å². The summed E-state index contributed by atoms with van der Waals surface area (Å²) in [6.45, 7) is 4.80. The molecule has 1 saturated carbocycles. The van der Waals surface area contributed by atoms with E-state index >= 15 is 0 Å². The molecule has 0 spiro atoms. The van der Waals surface area contributed by atoms with Crippen molar-refractivity contribution in [2.75, 3.05) is 6.54 Å². The van der Waals surface area contributed by atoms with Gasteiger partial charge < -0.3 is 15.2 Å². The molecule has 4 nitrogen and oxygen atoms in total. The van der Waals surface area contributed by atoms with Crippen LogP contribution in [0.5, 0.6) is 0 Å². The van der Waals surface area contributed by atoms with Crippen LogP contribution in [-0.2, 0) is 9.53 Å². The number of fused-ring (bicyclic) bond motifs is 1. The Morgan fingerprint density at radius 2 is 2.33 bits per heavy atom. The summed E-state index contributed by atoms with van der Waals surface area (Å²) in [4.78, 5) is 12.1. The van der Waals surface area contributed by atoms with Crippen LogP contribution < -0.4 is 5.32 Å². The molecule has 4 heteroatoms. The number of unbranched alkanes of at least 4 members (excludes halogenated alkanes) is 2. The first kappa shape index (κ1) is 13.8. The maximum atomic E-state index is 12.1. The zero-order valence-corrected chi connectivity index (χ0v) is 11.4. The molecule has 104 valence electrons. The SMILES string of the molecule is CCCCCC(C)C(=O)OC12CNC1CC(O)C2. The Hall–Kier alpha value is -0.610. The van der Waals surface area contributed by atoms with Crippen molar-refractivity contribution in [3.05, 3.63) is 0 Å². The van der Waals surface area contributed by atoms with Crippen molar-refractivity contribution in [1.82, 2.24) is 5.32 Å². The molecular formula is C14H25NO3. The second-order valence-electron chi connectivity index (χ2n) is 5.91. The number of hydrogen-bond acceptors (Lipinski definition) is 4. The summed E-state index contributed by atoms with van der Waals surface area (Å²) in [7, 11) is 0. The number of carbonyl (C=O) groups excluding carboxylic acids is 1. The highest BCUT2D eigenvalue weighted by molar-refractivity contribution is 5.72. The average molecular weight is 255 g/mol. The van der Waals surface area contributed by atoms with Gasteiger partial charge in [0.25, 0.3) is 0 Å². The first-order valence-corrected chi connectivity index (χ1v) is 7.21. The second kappa shape index (κ2) is 5.57. The molecule has 2 N–H and O–H groups in total. The van der Waals surface area contributed by atoms with Crippen molar-refractivity contribution in [3.63, 3.8) is 0 Å². The van der Waals surface area contributed by atoms with E-state index in [0.717, 1.165) is 12.8 Å². The minimum atomic E-state index is -0.407. The van der Waals surface area contributed by atoms with Gasteiger partial charge in [0, 0.05) is 13.0 Å². The van der Waals surface area contributed by atoms with E-state index in [1.54, 1.807) is 0 Å². The van der Waals surface area contributed by atoms with E-state index in [9.17, 15) is 9.90 Å². The van der Waals surface area contributed by atoms with Gasteiger partial charge in [-0.3, -0.25) is 4.79 Å². The van der Waals surface area contributed by atoms with E-state index in [1.165, 1.54) is 12.8 Å². The highest BCUT2D eigenvalue weighted by Gasteiger charge is 2.56. The molecule has 1 aliphatic heterocycles.